The average molecular weight is 228 g/mol. The summed E-state index contributed by atoms with van der Waals surface area (Å²) in [5.41, 5.74) is 0. The zero-order chi connectivity index (χ0) is 12.6. The summed E-state index contributed by atoms with van der Waals surface area (Å²) in [6.07, 6.45) is 4.13. The first-order chi connectivity index (χ1) is 7.47. The van der Waals surface area contributed by atoms with Crippen molar-refractivity contribution in [1.82, 2.24) is 10.2 Å². The Balaban J connectivity index is 0.000000487. The second-order valence-electron chi connectivity index (χ2n) is 4.63. The molecule has 0 radical (unpaired) electrons. The summed E-state index contributed by atoms with van der Waals surface area (Å²) >= 11 is 0. The van der Waals surface area contributed by atoms with Crippen molar-refractivity contribution in [2.75, 3.05) is 21.1 Å². The van der Waals surface area contributed by atoms with Gasteiger partial charge in [0.25, 0.3) is 0 Å². The minimum atomic E-state index is -0.112. The van der Waals surface area contributed by atoms with E-state index in [9.17, 15) is 9.59 Å². The fraction of sp³-hybridized carbons (Fsp3) is 0.833. The molecule has 0 spiro atoms. The number of carbonyl (C=O) groups is 2. The van der Waals surface area contributed by atoms with Gasteiger partial charge in [-0.2, -0.15) is 0 Å². The number of nitrogens with one attached hydrogen (secondary N) is 1. The molecule has 1 heterocycles. The van der Waals surface area contributed by atoms with Gasteiger partial charge >= 0.3 is 0 Å². The van der Waals surface area contributed by atoms with Crippen LogP contribution in [0.2, 0.25) is 0 Å². The molecule has 94 valence electrons. The quantitative estimate of drug-likeness (QED) is 0.727. The van der Waals surface area contributed by atoms with Gasteiger partial charge in [-0.25, -0.2) is 0 Å². The Morgan fingerprint density at radius 2 is 1.88 bits per heavy atom. The van der Waals surface area contributed by atoms with Gasteiger partial charge in [0, 0.05) is 12.3 Å². The summed E-state index contributed by atoms with van der Waals surface area (Å²) in [4.78, 5) is 24.2. The predicted octanol–water partition coefficient (Wildman–Crippen LogP) is 1.41. The van der Waals surface area contributed by atoms with Gasteiger partial charge < -0.3 is 4.90 Å². The zero-order valence-corrected chi connectivity index (χ0v) is 10.9. The molecule has 0 aromatic heterocycles. The molecule has 0 bridgehead atoms. The van der Waals surface area contributed by atoms with Crippen LogP contribution in [-0.2, 0) is 9.59 Å². The first kappa shape index (κ1) is 15.1. The third-order valence-electron chi connectivity index (χ3n) is 2.23. The van der Waals surface area contributed by atoms with E-state index in [4.69, 9.17) is 0 Å². The average Bonchev–Trinajstić information content (AvgIpc) is 2.28. The molecule has 1 rings (SSSR count). The highest BCUT2D eigenvalue weighted by Crippen LogP contribution is 2.17. The van der Waals surface area contributed by atoms with E-state index >= 15 is 0 Å². The van der Waals surface area contributed by atoms with Crippen LogP contribution in [0.4, 0.5) is 0 Å². The number of carbonyl (C=O) groups excluding carboxylic acids is 2. The van der Waals surface area contributed by atoms with Crippen molar-refractivity contribution >= 4 is 11.8 Å². The van der Waals surface area contributed by atoms with Crippen molar-refractivity contribution in [3.63, 3.8) is 0 Å². The van der Waals surface area contributed by atoms with Crippen molar-refractivity contribution in [1.29, 1.82) is 0 Å². The van der Waals surface area contributed by atoms with E-state index in [1.54, 1.807) is 0 Å². The van der Waals surface area contributed by atoms with Crippen LogP contribution in [0.15, 0.2) is 0 Å². The van der Waals surface area contributed by atoms with E-state index in [2.05, 4.69) is 12.2 Å². The summed E-state index contributed by atoms with van der Waals surface area (Å²) in [6, 6.07) is 0. The molecule has 16 heavy (non-hydrogen) atoms. The van der Waals surface area contributed by atoms with Crippen LogP contribution in [0.25, 0.3) is 0 Å². The minimum absolute atomic E-state index is 0.0700. The van der Waals surface area contributed by atoms with Gasteiger partial charge in [0.05, 0.1) is 0 Å². The van der Waals surface area contributed by atoms with Crippen LogP contribution >= 0.6 is 0 Å². The summed E-state index contributed by atoms with van der Waals surface area (Å²) in [6.45, 7) is 2.06. The van der Waals surface area contributed by atoms with Crippen LogP contribution in [0, 0.1) is 5.92 Å². The lowest BCUT2D eigenvalue weighted by Crippen LogP contribution is -2.32. The maximum atomic E-state index is 11.3. The molecule has 0 saturated carbocycles. The molecule has 4 heteroatoms. The van der Waals surface area contributed by atoms with Crippen LogP contribution < -0.4 is 5.32 Å². The summed E-state index contributed by atoms with van der Waals surface area (Å²) in [5.74, 6) is -0.112. The van der Waals surface area contributed by atoms with E-state index in [1.165, 1.54) is 0 Å². The van der Waals surface area contributed by atoms with Crippen LogP contribution in [0.1, 0.15) is 39.0 Å². The smallest absolute Gasteiger partial charge is 0.229 e. The molecule has 1 atom stereocenters. The topological polar surface area (TPSA) is 49.4 Å². The van der Waals surface area contributed by atoms with Gasteiger partial charge in [0.1, 0.15) is 0 Å². The van der Waals surface area contributed by atoms with Gasteiger partial charge in [-0.05, 0) is 40.4 Å². The monoisotopic (exact) mass is 228 g/mol. The highest BCUT2D eigenvalue weighted by atomic mass is 16.2. The molecule has 0 aromatic carbocycles. The third-order valence-corrected chi connectivity index (χ3v) is 2.23. The normalized spacial score (nSPS) is 20.9. The van der Waals surface area contributed by atoms with E-state index in [0.29, 0.717) is 6.42 Å². The van der Waals surface area contributed by atoms with Crippen molar-refractivity contribution in [2.24, 2.45) is 5.92 Å². The molecular weight excluding hydrogens is 204 g/mol. The van der Waals surface area contributed by atoms with Gasteiger partial charge in [0.15, 0.2) is 0 Å². The Morgan fingerprint density at radius 1 is 1.31 bits per heavy atom. The van der Waals surface area contributed by atoms with Crippen LogP contribution in [0.5, 0.6) is 0 Å². The maximum Gasteiger partial charge on any atom is 0.229 e. The van der Waals surface area contributed by atoms with Crippen LogP contribution in [-0.4, -0.2) is 37.9 Å². The molecule has 4 nitrogen and oxygen atoms in total. The van der Waals surface area contributed by atoms with Crippen molar-refractivity contribution in [3.8, 4) is 0 Å². The molecular formula is C12H24N2O2. The summed E-state index contributed by atoms with van der Waals surface area (Å²) < 4.78 is 0. The summed E-state index contributed by atoms with van der Waals surface area (Å²) in [5, 5.41) is 2.40. The van der Waals surface area contributed by atoms with Gasteiger partial charge in [-0.15, -0.1) is 0 Å². The molecule has 0 aromatic rings. The minimum Gasteiger partial charge on any atom is -0.312 e. The number of amides is 2. The molecule has 2 amide bonds. The Morgan fingerprint density at radius 3 is 2.38 bits per heavy atom. The lowest BCUT2D eigenvalue weighted by molar-refractivity contribution is -0.131. The number of hydrogen-bond donors (Lipinski definition) is 1. The Bertz CT molecular complexity index is 224. The number of nitrogens with zero attached hydrogens (tertiary/aromatic N) is 1. The van der Waals surface area contributed by atoms with Crippen molar-refractivity contribution in [2.45, 2.75) is 39.0 Å². The number of hydrogen-bond acceptors (Lipinski definition) is 3. The van der Waals surface area contributed by atoms with E-state index in [1.807, 2.05) is 26.0 Å². The first-order valence-corrected chi connectivity index (χ1v) is 5.92. The highest BCUT2D eigenvalue weighted by molar-refractivity contribution is 5.96. The van der Waals surface area contributed by atoms with Crippen molar-refractivity contribution in [3.05, 3.63) is 0 Å². The first-order valence-electron chi connectivity index (χ1n) is 5.92. The molecule has 1 fully saturated rings. The zero-order valence-electron chi connectivity index (χ0n) is 10.9. The number of rotatable bonds is 2. The third kappa shape index (κ3) is 7.40. The lowest BCUT2D eigenvalue weighted by atomic mass is 9.98. The Labute approximate surface area is 98.4 Å². The van der Waals surface area contributed by atoms with Gasteiger partial charge in [0.2, 0.25) is 11.8 Å². The fourth-order valence-corrected chi connectivity index (χ4v) is 1.57. The summed E-state index contributed by atoms with van der Waals surface area (Å²) in [7, 11) is 6.00. The Hall–Kier alpha value is -0.900. The molecule has 1 aliphatic heterocycles. The molecule has 1 saturated heterocycles. The van der Waals surface area contributed by atoms with Crippen molar-refractivity contribution < 1.29 is 9.59 Å². The van der Waals surface area contributed by atoms with Gasteiger partial charge in [-0.3, -0.25) is 14.9 Å². The highest BCUT2D eigenvalue weighted by Gasteiger charge is 2.22. The second-order valence-corrected chi connectivity index (χ2v) is 4.63. The van der Waals surface area contributed by atoms with Crippen LogP contribution in [0.3, 0.4) is 0 Å². The standard InChI is InChI=1S/C9H15NO2.C3H9N/c1-2-4-7-5-3-6-8(11)10-9(7)12;1-4(2)3/h7H,2-6H2,1H3,(H,10,11,12);1-3H3. The predicted molar refractivity (Wildman–Crippen MR) is 65.0 cm³/mol. The SMILES string of the molecule is CCCC1CCCC(=O)NC1=O.CN(C)C. The lowest BCUT2D eigenvalue weighted by Gasteiger charge is -2.09. The van der Waals surface area contributed by atoms with Gasteiger partial charge in [-0.1, -0.05) is 13.3 Å². The van der Waals surface area contributed by atoms with E-state index in [-0.39, 0.29) is 17.7 Å². The van der Waals surface area contributed by atoms with E-state index < -0.39 is 0 Å². The largest absolute Gasteiger partial charge is 0.312 e. The number of imide groups is 1. The molecule has 1 unspecified atom stereocenters. The molecule has 1 aliphatic rings. The molecule has 1 N–H and O–H groups in total. The Kier molecular flexibility index (Phi) is 7.81. The molecule has 0 aliphatic carbocycles. The second kappa shape index (κ2) is 8.28. The maximum absolute atomic E-state index is 11.3. The fourth-order valence-electron chi connectivity index (χ4n) is 1.57. The van der Waals surface area contributed by atoms with E-state index in [0.717, 1.165) is 25.7 Å².